The fourth-order valence-corrected chi connectivity index (χ4v) is 5.48. The van der Waals surface area contributed by atoms with Gasteiger partial charge in [-0.2, -0.15) is 4.98 Å². The van der Waals surface area contributed by atoms with Crippen LogP contribution in [0.5, 0.6) is 0 Å². The smallest absolute Gasteiger partial charge is 0.355 e. The van der Waals surface area contributed by atoms with Crippen LogP contribution in [0.15, 0.2) is 35.1 Å². The summed E-state index contributed by atoms with van der Waals surface area (Å²) in [6, 6.07) is 8.27. The molecule has 2 unspecified atom stereocenters. The van der Waals surface area contributed by atoms with E-state index in [1.54, 1.807) is 24.3 Å². The molecule has 9 nitrogen and oxygen atoms in total. The minimum atomic E-state index is -0.535. The highest BCUT2D eigenvalue weighted by molar-refractivity contribution is 6.33. The fraction of sp³-hybridized carbons (Fsp3) is 0.414. The van der Waals surface area contributed by atoms with E-state index in [2.05, 4.69) is 39.0 Å². The molecule has 0 aliphatic carbocycles. The molecule has 1 aromatic carbocycles. The standard InChI is InChI=1S/C29H34ClFN8O/c1-14(2)22-25(23(15(3)4)36-28(32)35-22)39-27-19(11-20(30)24(34-27)18-9-7-8-10-21(18)31)26(37-29(39)40)38-13-16(5)33-12-17(38)6/h7-11,14-17,33H,12-13H2,1-6H3,(H2,32,35,36). The zero-order valence-corrected chi connectivity index (χ0v) is 24.3. The lowest BCUT2D eigenvalue weighted by Crippen LogP contribution is -2.55. The van der Waals surface area contributed by atoms with Crippen molar-refractivity contribution in [3.8, 4) is 16.9 Å². The van der Waals surface area contributed by atoms with Crippen molar-refractivity contribution in [3.63, 3.8) is 0 Å². The number of halogens is 2. The van der Waals surface area contributed by atoms with Gasteiger partial charge in [0.2, 0.25) is 5.95 Å². The number of aromatic nitrogens is 5. The number of hydrogen-bond acceptors (Lipinski definition) is 8. The van der Waals surface area contributed by atoms with E-state index < -0.39 is 11.5 Å². The molecule has 1 saturated heterocycles. The average Bonchev–Trinajstić information content (AvgIpc) is 2.90. The average molecular weight is 565 g/mol. The number of benzene rings is 1. The maximum Gasteiger partial charge on any atom is 0.355 e. The largest absolute Gasteiger partial charge is 0.368 e. The molecule has 40 heavy (non-hydrogen) atoms. The van der Waals surface area contributed by atoms with Gasteiger partial charge in [0.25, 0.3) is 0 Å². The van der Waals surface area contributed by atoms with Gasteiger partial charge < -0.3 is 16.0 Å². The molecule has 4 aromatic rings. The summed E-state index contributed by atoms with van der Waals surface area (Å²) in [5.74, 6) is -0.0333. The second-order valence-corrected chi connectivity index (χ2v) is 11.5. The molecule has 4 heterocycles. The van der Waals surface area contributed by atoms with Crippen LogP contribution in [0, 0.1) is 5.82 Å². The van der Waals surface area contributed by atoms with E-state index in [-0.39, 0.29) is 46.1 Å². The molecule has 0 bridgehead atoms. The van der Waals surface area contributed by atoms with E-state index in [0.29, 0.717) is 40.5 Å². The quantitative estimate of drug-likeness (QED) is 0.346. The number of pyridine rings is 1. The maximum atomic E-state index is 15.0. The van der Waals surface area contributed by atoms with Gasteiger partial charge in [-0.3, -0.25) is 0 Å². The summed E-state index contributed by atoms with van der Waals surface area (Å²) in [6.07, 6.45) is 0. The molecule has 0 radical (unpaired) electrons. The second kappa shape index (κ2) is 10.7. The lowest BCUT2D eigenvalue weighted by atomic mass is 10.0. The minimum absolute atomic E-state index is 0.0597. The number of nitrogens with one attached hydrogen (secondary N) is 1. The zero-order chi connectivity index (χ0) is 28.9. The number of nitrogens with two attached hydrogens (primary N) is 1. The van der Waals surface area contributed by atoms with Gasteiger partial charge in [-0.1, -0.05) is 51.4 Å². The van der Waals surface area contributed by atoms with Gasteiger partial charge in [-0.25, -0.2) is 28.7 Å². The Kier molecular flexibility index (Phi) is 7.50. The normalized spacial score (nSPS) is 17.8. The van der Waals surface area contributed by atoms with Crippen LogP contribution in [0.3, 0.4) is 0 Å². The van der Waals surface area contributed by atoms with Crippen molar-refractivity contribution in [2.75, 3.05) is 23.7 Å². The summed E-state index contributed by atoms with van der Waals surface area (Å²) in [7, 11) is 0. The van der Waals surface area contributed by atoms with Gasteiger partial charge in [-0.15, -0.1) is 0 Å². The SMILES string of the molecule is CC1CN(c2nc(=O)n(-c3c(C(C)C)nc(N)nc3C(C)C)c3nc(-c4ccccc4F)c(Cl)cc23)C(C)CN1. The predicted molar refractivity (Wildman–Crippen MR) is 158 cm³/mol. The molecule has 0 spiro atoms. The van der Waals surface area contributed by atoms with E-state index >= 15 is 0 Å². The van der Waals surface area contributed by atoms with Crippen molar-refractivity contribution in [3.05, 3.63) is 63.0 Å². The van der Waals surface area contributed by atoms with E-state index in [1.807, 2.05) is 27.7 Å². The van der Waals surface area contributed by atoms with Gasteiger partial charge in [0.1, 0.15) is 11.6 Å². The molecule has 0 amide bonds. The van der Waals surface area contributed by atoms with Gasteiger partial charge in [0, 0.05) is 30.7 Å². The van der Waals surface area contributed by atoms with Crippen molar-refractivity contribution in [1.29, 1.82) is 0 Å². The highest BCUT2D eigenvalue weighted by Gasteiger charge is 2.30. The zero-order valence-electron chi connectivity index (χ0n) is 23.5. The van der Waals surface area contributed by atoms with Crippen molar-refractivity contribution in [2.45, 2.75) is 65.5 Å². The van der Waals surface area contributed by atoms with Crippen LogP contribution in [0.4, 0.5) is 16.2 Å². The lowest BCUT2D eigenvalue weighted by Gasteiger charge is -2.38. The van der Waals surface area contributed by atoms with Crippen LogP contribution >= 0.6 is 11.6 Å². The summed E-state index contributed by atoms with van der Waals surface area (Å²) >= 11 is 6.79. The third-order valence-electron chi connectivity index (χ3n) is 7.24. The molecule has 0 saturated carbocycles. The summed E-state index contributed by atoms with van der Waals surface area (Å²) in [5.41, 5.74) is 8.02. The Morgan fingerprint density at radius 3 is 2.33 bits per heavy atom. The third-order valence-corrected chi connectivity index (χ3v) is 7.53. The van der Waals surface area contributed by atoms with Gasteiger partial charge in [0.15, 0.2) is 5.65 Å². The molecule has 5 rings (SSSR count). The monoisotopic (exact) mass is 564 g/mol. The summed E-state index contributed by atoms with van der Waals surface area (Å²) in [4.78, 5) is 34.8. The number of nitrogens with zero attached hydrogens (tertiary/aromatic N) is 6. The van der Waals surface area contributed by atoms with E-state index in [4.69, 9.17) is 22.3 Å². The molecular weight excluding hydrogens is 531 g/mol. The highest BCUT2D eigenvalue weighted by atomic mass is 35.5. The first-order valence-electron chi connectivity index (χ1n) is 13.5. The summed E-state index contributed by atoms with van der Waals surface area (Å²) in [6.45, 7) is 13.4. The van der Waals surface area contributed by atoms with Crippen molar-refractivity contribution in [1.82, 2.24) is 29.8 Å². The first-order chi connectivity index (χ1) is 19.0. The Morgan fingerprint density at radius 1 is 1.05 bits per heavy atom. The topological polar surface area (TPSA) is 115 Å². The first kappa shape index (κ1) is 27.9. The molecule has 3 N–H and O–H groups in total. The summed E-state index contributed by atoms with van der Waals surface area (Å²) < 4.78 is 16.4. The second-order valence-electron chi connectivity index (χ2n) is 11.0. The predicted octanol–water partition coefficient (Wildman–Crippen LogP) is 5.05. The van der Waals surface area contributed by atoms with Crippen LogP contribution < -0.4 is 21.6 Å². The van der Waals surface area contributed by atoms with Crippen LogP contribution in [-0.2, 0) is 0 Å². The minimum Gasteiger partial charge on any atom is -0.368 e. The fourth-order valence-electron chi connectivity index (χ4n) is 5.23. The molecular formula is C29H34ClFN8O. The highest BCUT2D eigenvalue weighted by Crippen LogP contribution is 2.37. The van der Waals surface area contributed by atoms with E-state index in [0.717, 1.165) is 6.54 Å². The molecule has 210 valence electrons. The summed E-state index contributed by atoms with van der Waals surface area (Å²) in [5, 5.41) is 4.29. The molecule has 11 heteroatoms. The van der Waals surface area contributed by atoms with Gasteiger partial charge in [0.05, 0.1) is 33.2 Å². The lowest BCUT2D eigenvalue weighted by molar-refractivity contribution is 0.423. The van der Waals surface area contributed by atoms with Crippen LogP contribution in [-0.4, -0.2) is 49.7 Å². The Bertz CT molecular complexity index is 1620. The van der Waals surface area contributed by atoms with Crippen LogP contribution in [0.1, 0.15) is 64.8 Å². The number of hydrogen-bond donors (Lipinski definition) is 2. The van der Waals surface area contributed by atoms with E-state index in [9.17, 15) is 9.18 Å². The maximum absolute atomic E-state index is 15.0. The van der Waals surface area contributed by atoms with Crippen molar-refractivity contribution in [2.24, 2.45) is 0 Å². The Labute approximate surface area is 237 Å². The molecule has 1 fully saturated rings. The van der Waals surface area contributed by atoms with Gasteiger partial charge in [-0.05, 0) is 43.9 Å². The van der Waals surface area contributed by atoms with Gasteiger partial charge >= 0.3 is 5.69 Å². The van der Waals surface area contributed by atoms with E-state index in [1.165, 1.54) is 10.6 Å². The molecule has 1 aliphatic rings. The molecule has 3 aromatic heterocycles. The first-order valence-corrected chi connectivity index (χ1v) is 13.9. The number of piperazine rings is 1. The number of nitrogen functional groups attached to an aromatic ring is 1. The number of rotatable bonds is 5. The Hall–Kier alpha value is -3.63. The third kappa shape index (κ3) is 4.90. The molecule has 1 aliphatic heterocycles. The van der Waals surface area contributed by atoms with Crippen molar-refractivity contribution >= 4 is 34.4 Å². The number of anilines is 2. The van der Waals surface area contributed by atoms with Crippen molar-refractivity contribution < 1.29 is 4.39 Å². The molecule has 2 atom stereocenters. The van der Waals surface area contributed by atoms with Crippen LogP contribution in [0.25, 0.3) is 28.0 Å². The Balaban J connectivity index is 1.94. The number of fused-ring (bicyclic) bond motifs is 1. The van der Waals surface area contributed by atoms with Crippen LogP contribution in [0.2, 0.25) is 5.02 Å². The Morgan fingerprint density at radius 2 is 1.70 bits per heavy atom.